The molecule has 1 aromatic heterocycles. The third kappa shape index (κ3) is 4.37. The normalized spacial score (nSPS) is 12.2. The van der Waals surface area contributed by atoms with Crippen molar-refractivity contribution in [2.45, 2.75) is 32.7 Å². The van der Waals surface area contributed by atoms with Gasteiger partial charge in [0.2, 0.25) is 12.1 Å². The van der Waals surface area contributed by atoms with Crippen LogP contribution in [0.5, 0.6) is 11.5 Å². The van der Waals surface area contributed by atoms with E-state index in [1.54, 1.807) is 7.11 Å². The predicted molar refractivity (Wildman–Crippen MR) is 106 cm³/mol. The van der Waals surface area contributed by atoms with E-state index in [0.29, 0.717) is 18.7 Å². The lowest BCUT2D eigenvalue weighted by Crippen LogP contribution is -3.00. The van der Waals surface area contributed by atoms with Crippen LogP contribution >= 0.6 is 0 Å². The van der Waals surface area contributed by atoms with Crippen molar-refractivity contribution in [3.05, 3.63) is 71.8 Å². The summed E-state index contributed by atoms with van der Waals surface area (Å²) >= 11 is 0. The maximum atomic E-state index is 12.8. The molecule has 0 saturated carbocycles. The van der Waals surface area contributed by atoms with Gasteiger partial charge in [-0.25, -0.2) is 4.57 Å². The summed E-state index contributed by atoms with van der Waals surface area (Å²) in [7, 11) is 1.67. The molecule has 0 aliphatic heterocycles. The molecule has 1 aliphatic rings. The molecule has 6 heteroatoms. The van der Waals surface area contributed by atoms with Crippen molar-refractivity contribution in [3.63, 3.8) is 0 Å². The number of imidazole rings is 1. The van der Waals surface area contributed by atoms with Crippen LogP contribution in [0.3, 0.4) is 0 Å². The fraction of sp³-hybridized carbons (Fsp3) is 0.304. The van der Waals surface area contributed by atoms with E-state index in [1.165, 1.54) is 11.4 Å². The maximum Gasteiger partial charge on any atom is 0.249 e. The summed E-state index contributed by atoms with van der Waals surface area (Å²) in [6.07, 6.45) is 5.22. The van der Waals surface area contributed by atoms with E-state index in [2.05, 4.69) is 27.6 Å². The van der Waals surface area contributed by atoms with E-state index in [1.807, 2.05) is 43.3 Å². The van der Waals surface area contributed by atoms with Gasteiger partial charge in [-0.2, -0.15) is 4.57 Å². The van der Waals surface area contributed by atoms with E-state index in [9.17, 15) is 4.79 Å². The van der Waals surface area contributed by atoms with Gasteiger partial charge in [-0.05, 0) is 61.9 Å². The lowest BCUT2D eigenvalue weighted by molar-refractivity contribution is -0.689. The highest BCUT2D eigenvalue weighted by Gasteiger charge is 2.29. The molecule has 0 unspecified atom stereocenters. The van der Waals surface area contributed by atoms with Crippen molar-refractivity contribution < 1.29 is 35.8 Å². The van der Waals surface area contributed by atoms with Crippen LogP contribution in [0, 0.1) is 0 Å². The zero-order valence-electron chi connectivity index (χ0n) is 16.7. The van der Waals surface area contributed by atoms with E-state index in [4.69, 9.17) is 9.47 Å². The number of nitrogens with zero attached hydrogens (tertiary/aromatic N) is 2. The molecule has 0 fully saturated rings. The SMILES string of the molecule is CCOc1ccc(C(=O)C[n+]2cn(-c3ccc(OC)cc3)c3c2CCC3)cc1.[Br-]. The van der Waals surface area contributed by atoms with Crippen molar-refractivity contribution in [2.24, 2.45) is 0 Å². The summed E-state index contributed by atoms with van der Waals surface area (Å²) in [5.41, 5.74) is 4.35. The Morgan fingerprint density at radius 1 is 1.03 bits per heavy atom. The van der Waals surface area contributed by atoms with Gasteiger partial charge in [-0.3, -0.25) is 4.79 Å². The number of ether oxygens (including phenoxy) is 2. The monoisotopic (exact) mass is 456 g/mol. The van der Waals surface area contributed by atoms with Crippen LogP contribution in [0.2, 0.25) is 0 Å². The van der Waals surface area contributed by atoms with Gasteiger partial charge in [-0.15, -0.1) is 0 Å². The first-order valence-electron chi connectivity index (χ1n) is 9.72. The van der Waals surface area contributed by atoms with E-state index in [-0.39, 0.29) is 22.8 Å². The first kappa shape index (κ1) is 21.1. The van der Waals surface area contributed by atoms with Gasteiger partial charge in [0.05, 0.1) is 13.7 Å². The molecule has 1 aliphatic carbocycles. The van der Waals surface area contributed by atoms with Crippen LogP contribution < -0.4 is 31.0 Å². The van der Waals surface area contributed by atoms with Crippen LogP contribution in [0.25, 0.3) is 5.69 Å². The molecule has 3 aromatic rings. The summed E-state index contributed by atoms with van der Waals surface area (Å²) in [6.45, 7) is 2.91. The highest BCUT2D eigenvalue weighted by atomic mass is 79.9. The Bertz CT molecular complexity index is 979. The Kier molecular flexibility index (Phi) is 6.75. The molecule has 0 spiro atoms. The van der Waals surface area contributed by atoms with Gasteiger partial charge in [0.15, 0.2) is 12.2 Å². The third-order valence-electron chi connectivity index (χ3n) is 5.20. The lowest BCUT2D eigenvalue weighted by Gasteiger charge is -2.04. The molecule has 0 bridgehead atoms. The smallest absolute Gasteiger partial charge is 0.249 e. The summed E-state index contributed by atoms with van der Waals surface area (Å²) in [4.78, 5) is 12.8. The van der Waals surface area contributed by atoms with Crippen LogP contribution in [0.4, 0.5) is 0 Å². The second kappa shape index (κ2) is 9.27. The molecule has 2 aromatic carbocycles. The van der Waals surface area contributed by atoms with E-state index >= 15 is 0 Å². The highest BCUT2D eigenvalue weighted by molar-refractivity contribution is 5.95. The number of aromatic nitrogens is 2. The first-order valence-corrected chi connectivity index (χ1v) is 9.72. The lowest BCUT2D eigenvalue weighted by atomic mass is 10.1. The minimum atomic E-state index is 0. The number of Topliss-reactive ketones (excluding diaryl/α,β-unsaturated/α-hetero) is 1. The molecule has 0 radical (unpaired) electrons. The summed E-state index contributed by atoms with van der Waals surface area (Å²) in [5, 5.41) is 0. The number of rotatable bonds is 7. The number of hydrogen-bond acceptors (Lipinski definition) is 3. The third-order valence-corrected chi connectivity index (χ3v) is 5.20. The zero-order valence-corrected chi connectivity index (χ0v) is 18.3. The summed E-state index contributed by atoms with van der Waals surface area (Å²) in [5.74, 6) is 1.74. The fourth-order valence-electron chi connectivity index (χ4n) is 3.81. The van der Waals surface area contributed by atoms with E-state index in [0.717, 1.165) is 36.4 Å². The molecular weight excluding hydrogens is 432 g/mol. The quantitative estimate of drug-likeness (QED) is 0.385. The number of benzene rings is 2. The number of carbonyl (C=O) groups is 1. The van der Waals surface area contributed by atoms with Gasteiger partial charge in [0, 0.05) is 18.4 Å². The molecule has 29 heavy (non-hydrogen) atoms. The van der Waals surface area contributed by atoms with Crippen LogP contribution in [0.1, 0.15) is 35.1 Å². The Balaban J connectivity index is 0.00000240. The van der Waals surface area contributed by atoms with Gasteiger partial charge < -0.3 is 26.5 Å². The van der Waals surface area contributed by atoms with Gasteiger partial charge in [0.25, 0.3) is 0 Å². The molecule has 1 heterocycles. The number of carbonyl (C=O) groups excluding carboxylic acids is 1. The van der Waals surface area contributed by atoms with Gasteiger partial charge in [-0.1, -0.05) is 0 Å². The molecule has 0 saturated heterocycles. The average molecular weight is 457 g/mol. The van der Waals surface area contributed by atoms with Gasteiger partial charge >= 0.3 is 0 Å². The van der Waals surface area contributed by atoms with Crippen molar-refractivity contribution in [1.82, 2.24) is 4.57 Å². The highest BCUT2D eigenvalue weighted by Crippen LogP contribution is 2.24. The second-order valence-corrected chi connectivity index (χ2v) is 6.94. The van der Waals surface area contributed by atoms with Crippen molar-refractivity contribution in [1.29, 1.82) is 0 Å². The molecule has 0 N–H and O–H groups in total. The molecule has 0 amide bonds. The Morgan fingerprint density at radius 3 is 2.38 bits per heavy atom. The van der Waals surface area contributed by atoms with E-state index < -0.39 is 0 Å². The van der Waals surface area contributed by atoms with Gasteiger partial charge in [0.1, 0.15) is 22.9 Å². The second-order valence-electron chi connectivity index (χ2n) is 6.94. The molecular formula is C23H25BrN2O3. The first-order chi connectivity index (χ1) is 13.7. The Morgan fingerprint density at radius 2 is 1.72 bits per heavy atom. The van der Waals surface area contributed by atoms with Crippen molar-refractivity contribution in [2.75, 3.05) is 13.7 Å². The fourth-order valence-corrected chi connectivity index (χ4v) is 3.81. The Hall–Kier alpha value is -2.60. The number of halogens is 1. The largest absolute Gasteiger partial charge is 1.00 e. The topological polar surface area (TPSA) is 44.3 Å². The standard InChI is InChI=1S/C23H25N2O3.BrH/c1-3-28-20-11-7-17(8-12-20)23(26)15-24-16-25(22-6-4-5-21(22)24)18-9-13-19(27-2)14-10-18;/h7-14,16H,3-6,15H2,1-2H3;1H/q+1;/p-1. The molecule has 0 atom stereocenters. The van der Waals surface area contributed by atoms with Crippen molar-refractivity contribution in [3.8, 4) is 17.2 Å². The molecule has 152 valence electrons. The number of methoxy groups -OCH3 is 1. The molecule has 4 rings (SSSR count). The van der Waals surface area contributed by atoms with Crippen LogP contribution in [0.15, 0.2) is 54.9 Å². The minimum absolute atomic E-state index is 0. The minimum Gasteiger partial charge on any atom is -1.00 e. The number of fused-ring (bicyclic) bond motifs is 1. The number of hydrogen-bond donors (Lipinski definition) is 0. The zero-order chi connectivity index (χ0) is 19.5. The van der Waals surface area contributed by atoms with Crippen LogP contribution in [-0.4, -0.2) is 24.1 Å². The van der Waals surface area contributed by atoms with Crippen LogP contribution in [-0.2, 0) is 19.4 Å². The maximum absolute atomic E-state index is 12.8. The summed E-state index contributed by atoms with van der Waals surface area (Å²) < 4.78 is 15.0. The predicted octanol–water partition coefficient (Wildman–Crippen LogP) is 0.548. The number of ketones is 1. The summed E-state index contributed by atoms with van der Waals surface area (Å²) in [6, 6.07) is 15.4. The Labute approximate surface area is 181 Å². The van der Waals surface area contributed by atoms with Crippen molar-refractivity contribution >= 4 is 5.78 Å². The average Bonchev–Trinajstić information content (AvgIpc) is 3.33. The molecule has 5 nitrogen and oxygen atoms in total.